The van der Waals surface area contributed by atoms with E-state index in [9.17, 15) is 9.59 Å². The van der Waals surface area contributed by atoms with Crippen molar-refractivity contribution in [2.45, 2.75) is 26.7 Å². The lowest BCUT2D eigenvalue weighted by Gasteiger charge is -2.30. The molecule has 2 rings (SSSR count). The highest BCUT2D eigenvalue weighted by Gasteiger charge is 2.26. The molecule has 1 saturated heterocycles. The number of rotatable bonds is 4. The van der Waals surface area contributed by atoms with Gasteiger partial charge < -0.3 is 15.4 Å². The van der Waals surface area contributed by atoms with Gasteiger partial charge in [0, 0.05) is 19.0 Å². The Hall–Kier alpha value is -2.04. The van der Waals surface area contributed by atoms with Gasteiger partial charge in [-0.3, -0.25) is 9.59 Å². The van der Waals surface area contributed by atoms with Crippen molar-refractivity contribution in [3.63, 3.8) is 0 Å². The maximum atomic E-state index is 12.2. The summed E-state index contributed by atoms with van der Waals surface area (Å²) in [6.07, 6.45) is 1.29. The number of carbonyl (C=O) groups excluding carboxylic acids is 2. The van der Waals surface area contributed by atoms with Crippen LogP contribution in [0, 0.1) is 19.8 Å². The van der Waals surface area contributed by atoms with Gasteiger partial charge in [-0.1, -0.05) is 18.2 Å². The van der Waals surface area contributed by atoms with E-state index in [1.807, 2.05) is 32.0 Å². The van der Waals surface area contributed by atoms with Crippen molar-refractivity contribution in [2.24, 2.45) is 11.7 Å². The summed E-state index contributed by atoms with van der Waals surface area (Å²) in [6, 6.07) is 5.89. The van der Waals surface area contributed by atoms with Crippen LogP contribution in [0.1, 0.15) is 24.0 Å². The number of hydrogen-bond acceptors (Lipinski definition) is 3. The summed E-state index contributed by atoms with van der Waals surface area (Å²) >= 11 is 0. The molecule has 0 unspecified atom stereocenters. The Morgan fingerprint density at radius 2 is 1.81 bits per heavy atom. The van der Waals surface area contributed by atoms with Crippen LogP contribution in [-0.4, -0.2) is 36.4 Å². The molecule has 0 radical (unpaired) electrons. The zero-order valence-electron chi connectivity index (χ0n) is 12.6. The van der Waals surface area contributed by atoms with Crippen LogP contribution in [0.4, 0.5) is 0 Å². The molecule has 21 heavy (non-hydrogen) atoms. The number of likely N-dealkylation sites (tertiary alicyclic amines) is 1. The zero-order chi connectivity index (χ0) is 15.4. The van der Waals surface area contributed by atoms with Crippen molar-refractivity contribution >= 4 is 11.8 Å². The second kappa shape index (κ2) is 6.61. The SMILES string of the molecule is Cc1cccc(C)c1OCC(=O)N1CCC(C(N)=O)CC1. The average Bonchev–Trinajstić information content (AvgIpc) is 2.46. The number of nitrogens with zero attached hydrogens (tertiary/aromatic N) is 1. The maximum Gasteiger partial charge on any atom is 0.260 e. The molecule has 5 nitrogen and oxygen atoms in total. The molecule has 1 aromatic rings. The van der Waals surface area contributed by atoms with Gasteiger partial charge in [0.15, 0.2) is 6.61 Å². The predicted molar refractivity (Wildman–Crippen MR) is 79.9 cm³/mol. The number of nitrogens with two attached hydrogens (primary N) is 1. The van der Waals surface area contributed by atoms with Gasteiger partial charge >= 0.3 is 0 Å². The quantitative estimate of drug-likeness (QED) is 0.911. The van der Waals surface area contributed by atoms with Gasteiger partial charge in [-0.15, -0.1) is 0 Å². The van der Waals surface area contributed by atoms with Crippen LogP contribution in [0.15, 0.2) is 18.2 Å². The lowest BCUT2D eigenvalue weighted by atomic mass is 9.96. The first-order valence-corrected chi connectivity index (χ1v) is 7.25. The molecular formula is C16H22N2O3. The number of benzene rings is 1. The summed E-state index contributed by atoms with van der Waals surface area (Å²) in [5.74, 6) is 0.362. The average molecular weight is 290 g/mol. The molecule has 0 saturated carbocycles. The second-order valence-corrected chi connectivity index (χ2v) is 5.57. The number of carbonyl (C=O) groups is 2. The Labute approximate surface area is 125 Å². The Bertz CT molecular complexity index is 514. The van der Waals surface area contributed by atoms with E-state index in [2.05, 4.69) is 0 Å². The Morgan fingerprint density at radius 3 is 2.33 bits per heavy atom. The van der Waals surface area contributed by atoms with Crippen molar-refractivity contribution in [1.29, 1.82) is 0 Å². The lowest BCUT2D eigenvalue weighted by molar-refractivity contribution is -0.136. The summed E-state index contributed by atoms with van der Waals surface area (Å²) in [4.78, 5) is 25.0. The number of amides is 2. The number of piperidine rings is 1. The minimum Gasteiger partial charge on any atom is -0.483 e. The fourth-order valence-electron chi connectivity index (χ4n) is 2.67. The van der Waals surface area contributed by atoms with Crippen LogP contribution in [0.2, 0.25) is 0 Å². The Kier molecular flexibility index (Phi) is 4.83. The molecule has 2 amide bonds. The molecule has 1 aliphatic rings. The van der Waals surface area contributed by atoms with E-state index in [-0.39, 0.29) is 24.3 Å². The van der Waals surface area contributed by atoms with Gasteiger partial charge in [-0.2, -0.15) is 0 Å². The second-order valence-electron chi connectivity index (χ2n) is 5.57. The number of para-hydroxylation sites is 1. The van der Waals surface area contributed by atoms with Gasteiger partial charge in [0.2, 0.25) is 5.91 Å². The highest BCUT2D eigenvalue weighted by atomic mass is 16.5. The van der Waals surface area contributed by atoms with Crippen LogP contribution in [0.25, 0.3) is 0 Å². The van der Waals surface area contributed by atoms with Crippen LogP contribution in [-0.2, 0) is 9.59 Å². The third-order valence-corrected chi connectivity index (χ3v) is 4.00. The number of aryl methyl sites for hydroxylation is 2. The van der Waals surface area contributed by atoms with Crippen molar-refractivity contribution in [3.05, 3.63) is 29.3 Å². The highest BCUT2D eigenvalue weighted by Crippen LogP contribution is 2.22. The van der Waals surface area contributed by atoms with Crippen LogP contribution >= 0.6 is 0 Å². The largest absolute Gasteiger partial charge is 0.483 e. The van der Waals surface area contributed by atoms with Gasteiger partial charge in [-0.25, -0.2) is 0 Å². The normalized spacial score (nSPS) is 15.8. The van der Waals surface area contributed by atoms with Gasteiger partial charge in [0.1, 0.15) is 5.75 Å². The molecule has 0 aromatic heterocycles. The maximum absolute atomic E-state index is 12.2. The number of ether oxygens (including phenoxy) is 1. The Morgan fingerprint density at radius 1 is 1.24 bits per heavy atom. The fourth-order valence-corrected chi connectivity index (χ4v) is 2.67. The number of hydrogen-bond donors (Lipinski definition) is 1. The van der Waals surface area contributed by atoms with Crippen molar-refractivity contribution in [1.82, 2.24) is 4.90 Å². The highest BCUT2D eigenvalue weighted by molar-refractivity contribution is 5.79. The van der Waals surface area contributed by atoms with Crippen molar-refractivity contribution < 1.29 is 14.3 Å². The zero-order valence-corrected chi connectivity index (χ0v) is 12.6. The molecule has 1 fully saturated rings. The third-order valence-electron chi connectivity index (χ3n) is 4.00. The number of primary amides is 1. The fraction of sp³-hybridized carbons (Fsp3) is 0.500. The minimum absolute atomic E-state index is 0.0347. The molecule has 2 N–H and O–H groups in total. The van der Waals surface area contributed by atoms with Crippen LogP contribution < -0.4 is 10.5 Å². The lowest BCUT2D eigenvalue weighted by Crippen LogP contribution is -2.43. The molecule has 1 heterocycles. The first-order valence-electron chi connectivity index (χ1n) is 7.25. The summed E-state index contributed by atoms with van der Waals surface area (Å²) in [5.41, 5.74) is 7.34. The predicted octanol–water partition coefficient (Wildman–Crippen LogP) is 1.41. The summed E-state index contributed by atoms with van der Waals surface area (Å²) in [6.45, 7) is 5.11. The molecule has 114 valence electrons. The molecule has 0 bridgehead atoms. The minimum atomic E-state index is -0.270. The first kappa shape index (κ1) is 15.4. The van der Waals surface area contributed by atoms with E-state index in [0.717, 1.165) is 16.9 Å². The molecule has 5 heteroatoms. The molecule has 0 aliphatic carbocycles. The van der Waals surface area contributed by atoms with Crippen LogP contribution in [0.5, 0.6) is 5.75 Å². The summed E-state index contributed by atoms with van der Waals surface area (Å²) < 4.78 is 5.67. The molecule has 1 aromatic carbocycles. The molecule has 0 atom stereocenters. The smallest absolute Gasteiger partial charge is 0.260 e. The molecular weight excluding hydrogens is 268 g/mol. The van der Waals surface area contributed by atoms with Crippen molar-refractivity contribution in [2.75, 3.05) is 19.7 Å². The first-order chi connectivity index (χ1) is 9.99. The summed E-state index contributed by atoms with van der Waals surface area (Å²) in [7, 11) is 0. The van der Waals surface area contributed by atoms with Crippen molar-refractivity contribution in [3.8, 4) is 5.75 Å². The monoisotopic (exact) mass is 290 g/mol. The van der Waals surface area contributed by atoms with E-state index < -0.39 is 0 Å². The van der Waals surface area contributed by atoms with Gasteiger partial charge in [-0.05, 0) is 37.8 Å². The molecule has 0 spiro atoms. The van der Waals surface area contributed by atoms with E-state index >= 15 is 0 Å². The van der Waals surface area contributed by atoms with E-state index in [4.69, 9.17) is 10.5 Å². The van der Waals surface area contributed by atoms with E-state index in [1.54, 1.807) is 4.90 Å². The van der Waals surface area contributed by atoms with E-state index in [0.29, 0.717) is 25.9 Å². The summed E-state index contributed by atoms with van der Waals surface area (Å²) in [5, 5.41) is 0. The topological polar surface area (TPSA) is 72.6 Å². The van der Waals surface area contributed by atoms with Crippen LogP contribution in [0.3, 0.4) is 0 Å². The van der Waals surface area contributed by atoms with Gasteiger partial charge in [0.25, 0.3) is 5.91 Å². The molecule has 1 aliphatic heterocycles. The standard InChI is InChI=1S/C16H22N2O3/c1-11-4-3-5-12(2)15(11)21-10-14(19)18-8-6-13(7-9-18)16(17)20/h3-5,13H,6-10H2,1-2H3,(H2,17,20). The van der Waals surface area contributed by atoms with Gasteiger partial charge in [0.05, 0.1) is 0 Å². The van der Waals surface area contributed by atoms with E-state index in [1.165, 1.54) is 0 Å². The Balaban J connectivity index is 1.87. The third kappa shape index (κ3) is 3.74.